The number of thiazole rings is 1. The summed E-state index contributed by atoms with van der Waals surface area (Å²) in [6.07, 6.45) is 1.64. The number of carbonyl (C=O) groups excluding carboxylic acids is 1. The van der Waals surface area contributed by atoms with Crippen molar-refractivity contribution in [3.8, 4) is 0 Å². The smallest absolute Gasteiger partial charge is 0.265 e. The Morgan fingerprint density at radius 2 is 2.43 bits per heavy atom. The van der Waals surface area contributed by atoms with E-state index < -0.39 is 0 Å². The van der Waals surface area contributed by atoms with Crippen LogP contribution in [-0.4, -0.2) is 34.2 Å². The molecule has 1 unspecified atom stereocenters. The van der Waals surface area contributed by atoms with Crippen molar-refractivity contribution >= 4 is 33.2 Å². The van der Waals surface area contributed by atoms with Crippen molar-refractivity contribution in [1.29, 1.82) is 0 Å². The van der Waals surface area contributed by atoms with Crippen LogP contribution >= 0.6 is 27.3 Å². The zero-order chi connectivity index (χ0) is 10.7. The molecule has 1 atom stereocenters. The Balaban J connectivity index is 2.65. The van der Waals surface area contributed by atoms with Crippen molar-refractivity contribution < 1.29 is 4.79 Å². The molecule has 0 bridgehead atoms. The topological polar surface area (TPSA) is 33.2 Å². The summed E-state index contributed by atoms with van der Waals surface area (Å²) in [5.41, 5.74) is 0. The first kappa shape index (κ1) is 11.7. The predicted molar refractivity (Wildman–Crippen MR) is 62.2 cm³/mol. The number of hydrogen-bond acceptors (Lipinski definition) is 3. The molecule has 0 fully saturated rings. The van der Waals surface area contributed by atoms with Crippen LogP contribution in [0.5, 0.6) is 0 Å². The molecule has 0 spiro atoms. The van der Waals surface area contributed by atoms with Gasteiger partial charge in [-0.15, -0.1) is 11.3 Å². The quantitative estimate of drug-likeness (QED) is 0.794. The van der Waals surface area contributed by atoms with Crippen LogP contribution in [0.4, 0.5) is 0 Å². The molecule has 3 nitrogen and oxygen atoms in total. The molecular weight excluding hydrogens is 264 g/mol. The molecular formula is C9H13BrN2OS. The Hall–Kier alpha value is -0.420. The Bertz CT molecular complexity index is 324. The summed E-state index contributed by atoms with van der Waals surface area (Å²) >= 11 is 4.85. The van der Waals surface area contributed by atoms with Crippen LogP contribution in [0.2, 0.25) is 0 Å². The number of amides is 1. The molecule has 1 amide bonds. The zero-order valence-electron chi connectivity index (χ0n) is 8.45. The monoisotopic (exact) mass is 276 g/mol. The lowest BCUT2D eigenvalue weighted by atomic mass is 10.4. The van der Waals surface area contributed by atoms with Gasteiger partial charge in [-0.1, -0.05) is 22.9 Å². The third-order valence-electron chi connectivity index (χ3n) is 1.70. The lowest BCUT2D eigenvalue weighted by Gasteiger charge is -2.17. The first-order valence-electron chi connectivity index (χ1n) is 4.32. The van der Waals surface area contributed by atoms with Crippen LogP contribution in [-0.2, 0) is 0 Å². The second-order valence-corrected chi connectivity index (χ2v) is 6.01. The van der Waals surface area contributed by atoms with Crippen LogP contribution in [0.25, 0.3) is 0 Å². The van der Waals surface area contributed by atoms with Crippen molar-refractivity contribution in [2.75, 3.05) is 13.6 Å². The molecule has 0 aliphatic carbocycles. The highest BCUT2D eigenvalue weighted by Crippen LogP contribution is 2.14. The predicted octanol–water partition coefficient (Wildman–Crippen LogP) is 2.31. The molecule has 0 aliphatic heterocycles. The fourth-order valence-electron chi connectivity index (χ4n) is 1.11. The van der Waals surface area contributed by atoms with E-state index in [0.717, 1.165) is 5.01 Å². The van der Waals surface area contributed by atoms with Gasteiger partial charge in [-0.25, -0.2) is 4.98 Å². The molecule has 14 heavy (non-hydrogen) atoms. The van der Waals surface area contributed by atoms with Crippen molar-refractivity contribution in [1.82, 2.24) is 9.88 Å². The van der Waals surface area contributed by atoms with Crippen molar-refractivity contribution in [3.63, 3.8) is 0 Å². The summed E-state index contributed by atoms with van der Waals surface area (Å²) < 4.78 is 0. The van der Waals surface area contributed by atoms with Gasteiger partial charge in [0.15, 0.2) is 0 Å². The third kappa shape index (κ3) is 3.06. The second-order valence-electron chi connectivity index (χ2n) is 3.21. The highest BCUT2D eigenvalue weighted by Gasteiger charge is 2.15. The largest absolute Gasteiger partial charge is 0.340 e. The minimum Gasteiger partial charge on any atom is -0.340 e. The summed E-state index contributed by atoms with van der Waals surface area (Å²) in [5.74, 6) is 0.0434. The van der Waals surface area contributed by atoms with E-state index in [0.29, 0.717) is 16.2 Å². The first-order chi connectivity index (χ1) is 6.50. The molecule has 1 heterocycles. The molecule has 1 rings (SSSR count). The van der Waals surface area contributed by atoms with Crippen LogP contribution in [0.3, 0.4) is 0 Å². The van der Waals surface area contributed by atoms with Crippen LogP contribution in [0.15, 0.2) is 6.20 Å². The molecule has 0 saturated heterocycles. The molecule has 1 aromatic rings. The van der Waals surface area contributed by atoms with Crippen molar-refractivity contribution in [2.45, 2.75) is 18.7 Å². The van der Waals surface area contributed by atoms with Gasteiger partial charge in [0.2, 0.25) is 0 Å². The molecule has 0 aromatic carbocycles. The minimum absolute atomic E-state index is 0.0434. The summed E-state index contributed by atoms with van der Waals surface area (Å²) in [7, 11) is 1.80. The van der Waals surface area contributed by atoms with Gasteiger partial charge in [0.05, 0.1) is 11.2 Å². The second kappa shape index (κ2) is 4.89. The zero-order valence-corrected chi connectivity index (χ0v) is 10.9. The van der Waals surface area contributed by atoms with Gasteiger partial charge < -0.3 is 4.90 Å². The van der Waals surface area contributed by atoms with E-state index in [1.54, 1.807) is 18.1 Å². The van der Waals surface area contributed by atoms with Gasteiger partial charge in [0, 0.05) is 18.4 Å². The third-order valence-corrected chi connectivity index (χ3v) is 2.89. The fraction of sp³-hybridized carbons (Fsp3) is 0.556. The number of rotatable bonds is 3. The van der Waals surface area contributed by atoms with Crippen LogP contribution in [0.1, 0.15) is 21.6 Å². The highest BCUT2D eigenvalue weighted by atomic mass is 79.9. The van der Waals surface area contributed by atoms with E-state index in [4.69, 9.17) is 0 Å². The normalized spacial score (nSPS) is 12.6. The van der Waals surface area contributed by atoms with Crippen LogP contribution in [0, 0.1) is 6.92 Å². The van der Waals surface area contributed by atoms with Crippen LogP contribution < -0.4 is 0 Å². The number of nitrogens with zero attached hydrogens (tertiary/aromatic N) is 2. The average Bonchev–Trinajstić information content (AvgIpc) is 2.49. The number of hydrogen-bond donors (Lipinski definition) is 0. The lowest BCUT2D eigenvalue weighted by Crippen LogP contribution is -2.30. The van der Waals surface area contributed by atoms with E-state index >= 15 is 0 Å². The molecule has 0 radical (unpaired) electrons. The van der Waals surface area contributed by atoms with E-state index in [1.165, 1.54) is 11.3 Å². The number of halogens is 1. The number of aromatic nitrogens is 1. The number of carbonyl (C=O) groups is 1. The summed E-state index contributed by atoms with van der Waals surface area (Å²) in [4.78, 5) is 18.5. The molecule has 0 aliphatic rings. The minimum atomic E-state index is 0.0434. The molecule has 5 heteroatoms. The van der Waals surface area contributed by atoms with Gasteiger partial charge in [0.1, 0.15) is 4.88 Å². The Morgan fingerprint density at radius 3 is 2.86 bits per heavy atom. The SMILES string of the molecule is Cc1ncc(C(=O)N(C)CC(C)Br)s1. The van der Waals surface area contributed by atoms with Gasteiger partial charge >= 0.3 is 0 Å². The van der Waals surface area contributed by atoms with Gasteiger partial charge in [-0.05, 0) is 6.92 Å². The highest BCUT2D eigenvalue weighted by molar-refractivity contribution is 9.09. The molecule has 1 aromatic heterocycles. The Kier molecular flexibility index (Phi) is 4.07. The average molecular weight is 277 g/mol. The molecule has 0 saturated carbocycles. The van der Waals surface area contributed by atoms with Crippen molar-refractivity contribution in [3.05, 3.63) is 16.1 Å². The molecule has 78 valence electrons. The molecule has 0 N–H and O–H groups in total. The maximum Gasteiger partial charge on any atom is 0.265 e. The van der Waals surface area contributed by atoms with Gasteiger partial charge in [0.25, 0.3) is 5.91 Å². The standard InChI is InChI=1S/C9H13BrN2OS/c1-6(10)5-12(3)9(13)8-4-11-7(2)14-8/h4,6H,5H2,1-3H3. The summed E-state index contributed by atoms with van der Waals surface area (Å²) in [6.45, 7) is 4.62. The van der Waals surface area contributed by atoms with E-state index in [1.807, 2.05) is 13.8 Å². The van der Waals surface area contributed by atoms with Gasteiger partial charge in [-0.3, -0.25) is 4.79 Å². The van der Waals surface area contributed by atoms with Crippen molar-refractivity contribution in [2.24, 2.45) is 0 Å². The number of aryl methyl sites for hydroxylation is 1. The van der Waals surface area contributed by atoms with E-state index in [9.17, 15) is 4.79 Å². The lowest BCUT2D eigenvalue weighted by molar-refractivity contribution is 0.0802. The Labute approximate surface area is 96.3 Å². The maximum atomic E-state index is 11.8. The summed E-state index contributed by atoms with van der Waals surface area (Å²) in [6, 6.07) is 0. The fourth-order valence-corrected chi connectivity index (χ4v) is 2.32. The van der Waals surface area contributed by atoms with Gasteiger partial charge in [-0.2, -0.15) is 0 Å². The van der Waals surface area contributed by atoms with E-state index in [-0.39, 0.29) is 5.91 Å². The summed E-state index contributed by atoms with van der Waals surface area (Å²) in [5, 5.41) is 0.925. The Morgan fingerprint density at radius 1 is 1.79 bits per heavy atom. The maximum absolute atomic E-state index is 11.8. The first-order valence-corrected chi connectivity index (χ1v) is 6.06. The van der Waals surface area contributed by atoms with E-state index in [2.05, 4.69) is 20.9 Å². The number of alkyl halides is 1.